The summed E-state index contributed by atoms with van der Waals surface area (Å²) in [6.07, 6.45) is 7.79. The summed E-state index contributed by atoms with van der Waals surface area (Å²) >= 11 is 0. The molecule has 0 aliphatic carbocycles. The summed E-state index contributed by atoms with van der Waals surface area (Å²) in [5.41, 5.74) is 16.8. The van der Waals surface area contributed by atoms with Gasteiger partial charge in [0.2, 0.25) is 0 Å². The maximum Gasteiger partial charge on any atom is 0.296 e. The normalized spacial score (nSPS) is 11.8. The molecular formula is C53H44N5O+. The molecule has 3 aromatic heterocycles. The molecule has 0 saturated carbocycles. The average molecular weight is 767 g/mol. The number of hydrogen-bond acceptors (Lipinski definition) is 2. The Morgan fingerprint density at radius 2 is 1.19 bits per heavy atom. The lowest BCUT2D eigenvalue weighted by molar-refractivity contribution is -0.597. The van der Waals surface area contributed by atoms with Gasteiger partial charge in [0.25, 0.3) is 12.2 Å². The number of H-pyrrole nitrogens is 1. The van der Waals surface area contributed by atoms with Gasteiger partial charge < -0.3 is 5.11 Å². The van der Waals surface area contributed by atoms with Crippen LogP contribution < -0.4 is 9.13 Å². The van der Waals surface area contributed by atoms with E-state index in [0.29, 0.717) is 0 Å². The van der Waals surface area contributed by atoms with Gasteiger partial charge in [-0.15, -0.1) is 0 Å². The van der Waals surface area contributed by atoms with Gasteiger partial charge in [-0.25, -0.2) is 4.98 Å². The quantitative estimate of drug-likeness (QED) is 0.119. The summed E-state index contributed by atoms with van der Waals surface area (Å²) < 4.78 is 6.58. The van der Waals surface area contributed by atoms with E-state index in [1.165, 1.54) is 11.1 Å². The monoisotopic (exact) mass is 766 g/mol. The van der Waals surface area contributed by atoms with Gasteiger partial charge in [0, 0.05) is 29.1 Å². The summed E-state index contributed by atoms with van der Waals surface area (Å²) in [7, 11) is 0. The summed E-state index contributed by atoms with van der Waals surface area (Å²) in [6, 6.07) is 54.8. The van der Waals surface area contributed by atoms with Crippen LogP contribution in [0.15, 0.2) is 170 Å². The zero-order valence-electron chi connectivity index (χ0n) is 33.6. The van der Waals surface area contributed by atoms with Gasteiger partial charge in [-0.05, 0) is 76.1 Å². The van der Waals surface area contributed by atoms with Crippen molar-refractivity contribution in [2.45, 2.75) is 39.5 Å². The van der Waals surface area contributed by atoms with Crippen LogP contribution in [0.2, 0.25) is 0 Å². The Bertz CT molecular complexity index is 3090. The van der Waals surface area contributed by atoms with E-state index >= 15 is 0 Å². The first kappa shape index (κ1) is 36.1. The first-order chi connectivity index (χ1) is 28.9. The van der Waals surface area contributed by atoms with E-state index in [4.69, 9.17) is 4.98 Å². The van der Waals surface area contributed by atoms with Crippen LogP contribution >= 0.6 is 0 Å². The van der Waals surface area contributed by atoms with Gasteiger partial charge in [0.15, 0.2) is 11.0 Å². The molecule has 10 aromatic rings. The van der Waals surface area contributed by atoms with Gasteiger partial charge >= 0.3 is 0 Å². The number of aromatic nitrogens is 5. The van der Waals surface area contributed by atoms with Crippen molar-refractivity contribution in [2.24, 2.45) is 0 Å². The SMILES string of the molecule is CC(C)c1cccc(C(C)C)c1-[n+]1c(-c2ccccc2O)[nH]c2c(-c3ccc4ncc5c[n+](-c6c(-c7ccccc7)cccc6-c6ccccc6)[c-]n5c4c3)cccc21. The van der Waals surface area contributed by atoms with Crippen molar-refractivity contribution in [1.82, 2.24) is 14.4 Å². The molecule has 0 fully saturated rings. The van der Waals surface area contributed by atoms with Crippen LogP contribution in [0.3, 0.4) is 0 Å². The molecule has 0 atom stereocenters. The maximum absolute atomic E-state index is 11.3. The highest BCUT2D eigenvalue weighted by atomic mass is 16.3. The molecule has 0 unspecified atom stereocenters. The summed E-state index contributed by atoms with van der Waals surface area (Å²) in [5.74, 6) is 1.61. The second-order valence-electron chi connectivity index (χ2n) is 15.9. The summed E-state index contributed by atoms with van der Waals surface area (Å²) in [6.45, 7) is 8.99. The van der Waals surface area contributed by atoms with E-state index < -0.39 is 0 Å². The molecule has 6 nitrogen and oxygen atoms in total. The molecule has 7 aromatic carbocycles. The van der Waals surface area contributed by atoms with Gasteiger partial charge in [-0.3, -0.25) is 14.0 Å². The van der Waals surface area contributed by atoms with Gasteiger partial charge in [0.05, 0.1) is 22.2 Å². The molecule has 0 aliphatic rings. The first-order valence-corrected chi connectivity index (χ1v) is 20.3. The lowest BCUT2D eigenvalue weighted by atomic mass is 9.92. The molecule has 6 heteroatoms. The molecule has 0 saturated heterocycles. The number of rotatable bonds is 8. The number of benzene rings is 7. The largest absolute Gasteiger partial charge is 0.507 e. The molecule has 0 radical (unpaired) electrons. The Balaban J connectivity index is 1.20. The Labute approximate surface area is 344 Å². The zero-order valence-corrected chi connectivity index (χ0v) is 33.6. The molecule has 0 spiro atoms. The molecule has 0 amide bonds. The third-order valence-electron chi connectivity index (χ3n) is 11.5. The Kier molecular flexibility index (Phi) is 8.90. The third-order valence-corrected chi connectivity index (χ3v) is 11.5. The average Bonchev–Trinajstić information content (AvgIpc) is 3.89. The smallest absolute Gasteiger partial charge is 0.296 e. The fraction of sp³-hybridized carbons (Fsp3) is 0.113. The lowest BCUT2D eigenvalue weighted by Crippen LogP contribution is -2.35. The van der Waals surface area contributed by atoms with Crippen molar-refractivity contribution in [3.05, 3.63) is 188 Å². The van der Waals surface area contributed by atoms with Crippen molar-refractivity contribution in [2.75, 3.05) is 0 Å². The fourth-order valence-corrected chi connectivity index (χ4v) is 8.66. The molecule has 2 N–H and O–H groups in total. The van der Waals surface area contributed by atoms with Crippen molar-refractivity contribution in [3.8, 4) is 61.9 Å². The van der Waals surface area contributed by atoms with Crippen LogP contribution in [0, 0.1) is 6.33 Å². The van der Waals surface area contributed by atoms with Gasteiger partial charge in [0.1, 0.15) is 17.0 Å². The summed E-state index contributed by atoms with van der Waals surface area (Å²) in [4.78, 5) is 8.78. The van der Waals surface area contributed by atoms with E-state index in [1.54, 1.807) is 6.07 Å². The lowest BCUT2D eigenvalue weighted by Gasteiger charge is -2.18. The predicted octanol–water partition coefficient (Wildman–Crippen LogP) is 11.9. The van der Waals surface area contributed by atoms with Crippen LogP contribution in [0.1, 0.15) is 50.7 Å². The van der Waals surface area contributed by atoms with Crippen molar-refractivity contribution in [1.29, 1.82) is 0 Å². The molecule has 3 heterocycles. The topological polar surface area (TPSA) is 61.1 Å². The van der Waals surface area contributed by atoms with Crippen LogP contribution in [-0.4, -0.2) is 19.5 Å². The van der Waals surface area contributed by atoms with Crippen LogP contribution in [0.25, 0.3) is 83.7 Å². The number of fused-ring (bicyclic) bond motifs is 4. The minimum Gasteiger partial charge on any atom is -0.507 e. The second kappa shape index (κ2) is 14.6. The van der Waals surface area contributed by atoms with E-state index in [-0.39, 0.29) is 17.6 Å². The summed E-state index contributed by atoms with van der Waals surface area (Å²) in [5, 5.41) is 11.3. The van der Waals surface area contributed by atoms with Crippen LogP contribution in [-0.2, 0) is 0 Å². The minimum atomic E-state index is 0.224. The second-order valence-corrected chi connectivity index (χ2v) is 15.9. The van der Waals surface area contributed by atoms with E-state index in [0.717, 1.165) is 83.7 Å². The number of aromatic amines is 1. The fourth-order valence-electron chi connectivity index (χ4n) is 8.66. The number of nitrogens with one attached hydrogen (secondary N) is 1. The maximum atomic E-state index is 11.3. The molecule has 10 rings (SSSR count). The molecule has 59 heavy (non-hydrogen) atoms. The first-order valence-electron chi connectivity index (χ1n) is 20.3. The zero-order chi connectivity index (χ0) is 40.2. The van der Waals surface area contributed by atoms with Crippen molar-refractivity contribution in [3.63, 3.8) is 0 Å². The number of aromatic hydroxyl groups is 1. The van der Waals surface area contributed by atoms with E-state index in [2.05, 4.69) is 192 Å². The Morgan fingerprint density at radius 1 is 0.593 bits per heavy atom. The molecule has 0 bridgehead atoms. The molecule has 286 valence electrons. The number of para-hydroxylation sites is 4. The third kappa shape index (κ3) is 6.16. The highest BCUT2D eigenvalue weighted by molar-refractivity contribution is 5.95. The van der Waals surface area contributed by atoms with Gasteiger partial charge in [-0.1, -0.05) is 149 Å². The standard InChI is InChI=1S/C53H43N5O/c1-34(2)40-21-13-22-41(35(3)4)52(40)58-47-26-15-23-42(50(47)55-53(58)45-20-11-12-27-49(45)59)38-28-29-46-48(30-38)57-33-56(32-39(57)31-54-46)51-43(36-16-7-5-8-17-36)24-14-25-44(51)37-18-9-6-10-19-37/h5-32,34-35H,1-4H3,(H,55,59)/p+1. The Morgan fingerprint density at radius 3 is 1.85 bits per heavy atom. The molecular weight excluding hydrogens is 723 g/mol. The Hall–Kier alpha value is -7.31. The van der Waals surface area contributed by atoms with Crippen molar-refractivity contribution < 1.29 is 14.2 Å². The number of phenols is 1. The van der Waals surface area contributed by atoms with Crippen LogP contribution in [0.5, 0.6) is 5.75 Å². The number of hydrogen-bond donors (Lipinski definition) is 2. The number of phenolic OH excluding ortho intramolecular Hbond substituents is 1. The van der Waals surface area contributed by atoms with Gasteiger partial charge in [-0.2, -0.15) is 4.57 Å². The highest BCUT2D eigenvalue weighted by Crippen LogP contribution is 2.38. The van der Waals surface area contributed by atoms with E-state index in [9.17, 15) is 5.11 Å². The van der Waals surface area contributed by atoms with Crippen LogP contribution in [0.4, 0.5) is 0 Å². The highest BCUT2D eigenvalue weighted by Gasteiger charge is 2.31. The van der Waals surface area contributed by atoms with Crippen molar-refractivity contribution >= 4 is 27.6 Å². The van der Waals surface area contributed by atoms with E-state index in [1.807, 2.05) is 24.4 Å². The predicted molar refractivity (Wildman–Crippen MR) is 238 cm³/mol. The molecule has 0 aliphatic heterocycles. The minimum absolute atomic E-state index is 0.224. The number of imidazole rings is 2. The number of nitrogens with zero attached hydrogens (tertiary/aromatic N) is 4.